The highest BCUT2D eigenvalue weighted by atomic mass is 32.2. The zero-order valence-electron chi connectivity index (χ0n) is 13.9. The predicted octanol–water partition coefficient (Wildman–Crippen LogP) is 1.65. The van der Waals surface area contributed by atoms with Crippen molar-refractivity contribution in [2.75, 3.05) is 32.1 Å². The van der Waals surface area contributed by atoms with Gasteiger partial charge in [0.05, 0.1) is 0 Å². The van der Waals surface area contributed by atoms with Crippen molar-refractivity contribution in [3.63, 3.8) is 0 Å². The standard InChI is InChI=1S/C17H26N4OS/c1-18-16(22)14-6-3-5-13(11-14)8-9-20-17(19-2)21-15-7-4-10-23-12-15/h3,5-6,11,15H,4,7-10,12H2,1-2H3,(H,18,22)(H2,19,20,21). The second-order valence-electron chi connectivity index (χ2n) is 5.59. The number of carbonyl (C=O) groups excluding carboxylic acids is 1. The van der Waals surface area contributed by atoms with Gasteiger partial charge in [-0.05, 0) is 42.7 Å². The van der Waals surface area contributed by atoms with Gasteiger partial charge in [-0.2, -0.15) is 11.8 Å². The Labute approximate surface area is 142 Å². The van der Waals surface area contributed by atoms with Crippen LogP contribution in [0.25, 0.3) is 0 Å². The molecule has 2 rings (SSSR count). The van der Waals surface area contributed by atoms with Gasteiger partial charge in [-0.3, -0.25) is 9.79 Å². The summed E-state index contributed by atoms with van der Waals surface area (Å²) in [5, 5.41) is 9.49. The van der Waals surface area contributed by atoms with E-state index in [2.05, 4.69) is 20.9 Å². The Balaban J connectivity index is 1.79. The summed E-state index contributed by atoms with van der Waals surface area (Å²) < 4.78 is 0. The number of rotatable bonds is 5. The highest BCUT2D eigenvalue weighted by molar-refractivity contribution is 7.99. The summed E-state index contributed by atoms with van der Waals surface area (Å²) in [6.45, 7) is 0.788. The molecule has 3 N–H and O–H groups in total. The van der Waals surface area contributed by atoms with Crippen LogP contribution in [0.4, 0.5) is 0 Å². The molecule has 0 aromatic heterocycles. The molecular weight excluding hydrogens is 308 g/mol. The molecule has 0 saturated carbocycles. The van der Waals surface area contributed by atoms with Crippen molar-refractivity contribution in [3.8, 4) is 0 Å². The quantitative estimate of drug-likeness (QED) is 0.566. The van der Waals surface area contributed by atoms with Crippen molar-refractivity contribution >= 4 is 23.6 Å². The number of hydrogen-bond acceptors (Lipinski definition) is 3. The van der Waals surface area contributed by atoms with Crippen LogP contribution in [0.3, 0.4) is 0 Å². The minimum Gasteiger partial charge on any atom is -0.356 e. The molecule has 1 saturated heterocycles. The maximum Gasteiger partial charge on any atom is 0.251 e. The van der Waals surface area contributed by atoms with Crippen LogP contribution in [-0.4, -0.2) is 50.1 Å². The molecular formula is C17H26N4OS. The van der Waals surface area contributed by atoms with E-state index >= 15 is 0 Å². The SMILES string of the molecule is CN=C(NCCc1cccc(C(=O)NC)c1)NC1CCCSC1. The monoisotopic (exact) mass is 334 g/mol. The van der Waals surface area contributed by atoms with Gasteiger partial charge in [-0.15, -0.1) is 0 Å². The van der Waals surface area contributed by atoms with Gasteiger partial charge in [-0.25, -0.2) is 0 Å². The fourth-order valence-corrected chi connectivity index (χ4v) is 3.65. The van der Waals surface area contributed by atoms with Crippen molar-refractivity contribution in [2.24, 2.45) is 4.99 Å². The van der Waals surface area contributed by atoms with Gasteiger partial charge in [0.25, 0.3) is 5.91 Å². The van der Waals surface area contributed by atoms with E-state index in [0.717, 1.165) is 30.2 Å². The van der Waals surface area contributed by atoms with Crippen LogP contribution in [0.15, 0.2) is 29.3 Å². The number of thioether (sulfide) groups is 1. The Kier molecular flexibility index (Phi) is 7.26. The molecule has 1 aromatic rings. The van der Waals surface area contributed by atoms with E-state index in [0.29, 0.717) is 11.6 Å². The Hall–Kier alpha value is -1.69. The number of nitrogens with zero attached hydrogens (tertiary/aromatic N) is 1. The zero-order chi connectivity index (χ0) is 16.5. The van der Waals surface area contributed by atoms with Crippen molar-refractivity contribution in [1.82, 2.24) is 16.0 Å². The van der Waals surface area contributed by atoms with Gasteiger partial charge in [0.2, 0.25) is 0 Å². The number of nitrogens with one attached hydrogen (secondary N) is 3. The minimum absolute atomic E-state index is 0.0490. The van der Waals surface area contributed by atoms with Crippen molar-refractivity contribution < 1.29 is 4.79 Å². The number of carbonyl (C=O) groups is 1. The second-order valence-corrected chi connectivity index (χ2v) is 6.74. The summed E-state index contributed by atoms with van der Waals surface area (Å²) in [6, 6.07) is 8.25. The fraction of sp³-hybridized carbons (Fsp3) is 0.529. The third-order valence-electron chi connectivity index (χ3n) is 3.85. The fourth-order valence-electron chi connectivity index (χ4n) is 2.58. The number of guanidine groups is 1. The summed E-state index contributed by atoms with van der Waals surface area (Å²) in [4.78, 5) is 16.0. The third kappa shape index (κ3) is 5.78. The average Bonchev–Trinajstić information content (AvgIpc) is 2.61. The van der Waals surface area contributed by atoms with Gasteiger partial charge in [0.15, 0.2) is 5.96 Å². The first kappa shape index (κ1) is 17.7. The molecule has 1 aliphatic heterocycles. The second kappa shape index (κ2) is 9.45. The summed E-state index contributed by atoms with van der Waals surface area (Å²) >= 11 is 2.00. The molecule has 6 heteroatoms. The first-order valence-electron chi connectivity index (χ1n) is 8.09. The molecule has 126 valence electrons. The van der Waals surface area contributed by atoms with Crippen molar-refractivity contribution in [3.05, 3.63) is 35.4 Å². The van der Waals surface area contributed by atoms with E-state index in [1.54, 1.807) is 14.1 Å². The van der Waals surface area contributed by atoms with Crippen molar-refractivity contribution in [1.29, 1.82) is 0 Å². The normalized spacial score (nSPS) is 18.3. The highest BCUT2D eigenvalue weighted by Gasteiger charge is 2.14. The number of hydrogen-bond donors (Lipinski definition) is 3. The Morgan fingerprint density at radius 3 is 3.00 bits per heavy atom. The molecule has 1 aliphatic rings. The van der Waals surface area contributed by atoms with Crippen LogP contribution in [0.1, 0.15) is 28.8 Å². The summed E-state index contributed by atoms with van der Waals surface area (Å²) in [5.41, 5.74) is 1.84. The van der Waals surface area contributed by atoms with Crippen LogP contribution in [0.5, 0.6) is 0 Å². The van der Waals surface area contributed by atoms with Crippen LogP contribution in [0, 0.1) is 0 Å². The maximum absolute atomic E-state index is 11.7. The van der Waals surface area contributed by atoms with Crippen LogP contribution in [0.2, 0.25) is 0 Å². The van der Waals surface area contributed by atoms with E-state index in [1.165, 1.54) is 18.6 Å². The lowest BCUT2D eigenvalue weighted by atomic mass is 10.1. The smallest absolute Gasteiger partial charge is 0.251 e. The molecule has 0 spiro atoms. The van der Waals surface area contributed by atoms with Crippen LogP contribution >= 0.6 is 11.8 Å². The van der Waals surface area contributed by atoms with Gasteiger partial charge in [-0.1, -0.05) is 12.1 Å². The molecule has 1 atom stereocenters. The molecule has 0 aliphatic carbocycles. The molecule has 0 bridgehead atoms. The number of amides is 1. The van der Waals surface area contributed by atoms with E-state index in [4.69, 9.17) is 0 Å². The van der Waals surface area contributed by atoms with Gasteiger partial charge in [0, 0.05) is 38.0 Å². The average molecular weight is 334 g/mol. The van der Waals surface area contributed by atoms with E-state index < -0.39 is 0 Å². The lowest BCUT2D eigenvalue weighted by Crippen LogP contribution is -2.46. The number of benzene rings is 1. The maximum atomic E-state index is 11.7. The van der Waals surface area contributed by atoms with Crippen molar-refractivity contribution in [2.45, 2.75) is 25.3 Å². The first-order valence-corrected chi connectivity index (χ1v) is 9.24. The minimum atomic E-state index is -0.0490. The van der Waals surface area contributed by atoms with Crippen LogP contribution in [-0.2, 0) is 6.42 Å². The zero-order valence-corrected chi connectivity index (χ0v) is 14.7. The summed E-state index contributed by atoms with van der Waals surface area (Å²) in [6.07, 6.45) is 3.33. The van der Waals surface area contributed by atoms with Gasteiger partial charge < -0.3 is 16.0 Å². The molecule has 0 radical (unpaired) electrons. The molecule has 1 heterocycles. The summed E-state index contributed by atoms with van der Waals surface area (Å²) in [5.74, 6) is 3.23. The lowest BCUT2D eigenvalue weighted by molar-refractivity contribution is 0.0963. The Bertz CT molecular complexity index is 541. The van der Waals surface area contributed by atoms with Crippen LogP contribution < -0.4 is 16.0 Å². The van der Waals surface area contributed by atoms with E-state index in [9.17, 15) is 4.79 Å². The Morgan fingerprint density at radius 2 is 2.30 bits per heavy atom. The predicted molar refractivity (Wildman–Crippen MR) is 98.4 cm³/mol. The van der Waals surface area contributed by atoms with Gasteiger partial charge >= 0.3 is 0 Å². The molecule has 1 fully saturated rings. The molecule has 1 unspecified atom stereocenters. The lowest BCUT2D eigenvalue weighted by Gasteiger charge is -2.24. The number of aliphatic imine (C=N–C) groups is 1. The molecule has 1 amide bonds. The van der Waals surface area contributed by atoms with Gasteiger partial charge in [0.1, 0.15) is 0 Å². The topological polar surface area (TPSA) is 65.5 Å². The third-order valence-corrected chi connectivity index (χ3v) is 5.06. The largest absolute Gasteiger partial charge is 0.356 e. The first-order chi connectivity index (χ1) is 11.2. The Morgan fingerprint density at radius 1 is 1.43 bits per heavy atom. The molecule has 23 heavy (non-hydrogen) atoms. The van der Waals surface area contributed by atoms with E-state index in [-0.39, 0.29) is 5.91 Å². The molecule has 1 aromatic carbocycles. The summed E-state index contributed by atoms with van der Waals surface area (Å²) in [7, 11) is 3.45. The van der Waals surface area contributed by atoms with E-state index in [1.807, 2.05) is 36.0 Å². The highest BCUT2D eigenvalue weighted by Crippen LogP contribution is 2.16. The molecule has 5 nitrogen and oxygen atoms in total.